The molecule has 1 aromatic rings. The maximum atomic E-state index is 13.0. The molecule has 3 fully saturated rings. The van der Waals surface area contributed by atoms with Crippen LogP contribution in [0.25, 0.3) is 0 Å². The van der Waals surface area contributed by atoms with Crippen LogP contribution in [0.5, 0.6) is 0 Å². The molecule has 0 spiro atoms. The van der Waals surface area contributed by atoms with Gasteiger partial charge in [-0.2, -0.15) is 0 Å². The molecule has 0 bridgehead atoms. The minimum absolute atomic E-state index is 0.0182. The second kappa shape index (κ2) is 15.1. The number of likely N-dealkylation sites (tertiary alicyclic amines) is 1. The number of amides is 1. The second-order valence-corrected chi connectivity index (χ2v) is 13.4. The average molecular weight is 597 g/mol. The van der Waals surface area contributed by atoms with Crippen molar-refractivity contribution in [3.05, 3.63) is 30.3 Å². The highest BCUT2D eigenvalue weighted by Gasteiger charge is 2.58. The minimum Gasteiger partial charge on any atom is -0.441 e. The zero-order valence-corrected chi connectivity index (χ0v) is 25.6. The molecule has 10 nitrogen and oxygen atoms in total. The average Bonchev–Trinajstić information content (AvgIpc) is 3.63. The predicted octanol–water partition coefficient (Wildman–Crippen LogP) is 4.97. The SMILES string of the molecule is CCCCCCCCCCO[C@@H]1[C@H]2OC(C)(C)O[C@H]2O[C@@H]1[C@@H](CN1CCCC1)OC(=O)NS(=O)(=O)c1ccccc1. The molecule has 3 aliphatic heterocycles. The molecule has 11 heteroatoms. The molecule has 0 aromatic heterocycles. The minimum atomic E-state index is -4.09. The monoisotopic (exact) mass is 596 g/mol. The van der Waals surface area contributed by atoms with Crippen molar-refractivity contribution in [1.82, 2.24) is 9.62 Å². The molecule has 1 N–H and O–H groups in total. The zero-order valence-electron chi connectivity index (χ0n) is 24.8. The van der Waals surface area contributed by atoms with Crippen molar-refractivity contribution in [2.75, 3.05) is 26.2 Å². The molecular formula is C30H48N2O8S. The smallest absolute Gasteiger partial charge is 0.421 e. The fraction of sp³-hybridized carbons (Fsp3) is 0.767. The van der Waals surface area contributed by atoms with Crippen molar-refractivity contribution in [2.24, 2.45) is 0 Å². The third-order valence-corrected chi connectivity index (χ3v) is 9.20. The van der Waals surface area contributed by atoms with E-state index in [-0.39, 0.29) is 4.90 Å². The van der Waals surface area contributed by atoms with E-state index in [4.69, 9.17) is 23.7 Å². The summed E-state index contributed by atoms with van der Waals surface area (Å²) in [4.78, 5) is 15.1. The van der Waals surface area contributed by atoms with E-state index < -0.39 is 52.6 Å². The second-order valence-electron chi connectivity index (χ2n) is 11.7. The molecule has 3 saturated heterocycles. The summed E-state index contributed by atoms with van der Waals surface area (Å²) in [6, 6.07) is 7.74. The van der Waals surface area contributed by atoms with Gasteiger partial charge in [-0.25, -0.2) is 17.9 Å². The Morgan fingerprint density at radius 1 is 1.02 bits per heavy atom. The summed E-state index contributed by atoms with van der Waals surface area (Å²) < 4.78 is 58.3. The largest absolute Gasteiger partial charge is 0.441 e. The van der Waals surface area contributed by atoms with Gasteiger partial charge in [0.25, 0.3) is 10.0 Å². The normalized spacial score (nSPS) is 26.6. The van der Waals surface area contributed by atoms with Gasteiger partial charge in [0.05, 0.1) is 4.90 Å². The lowest BCUT2D eigenvalue weighted by molar-refractivity contribution is -0.230. The number of unbranched alkanes of at least 4 members (excludes halogenated alkanes) is 7. The van der Waals surface area contributed by atoms with Crippen LogP contribution in [0.4, 0.5) is 4.79 Å². The number of carbonyl (C=O) groups is 1. The van der Waals surface area contributed by atoms with E-state index in [1.54, 1.807) is 18.2 Å². The highest BCUT2D eigenvalue weighted by atomic mass is 32.2. The van der Waals surface area contributed by atoms with Gasteiger partial charge in [-0.1, -0.05) is 70.1 Å². The lowest BCUT2D eigenvalue weighted by Gasteiger charge is -2.32. The molecule has 41 heavy (non-hydrogen) atoms. The summed E-state index contributed by atoms with van der Waals surface area (Å²) in [5, 5.41) is 0. The summed E-state index contributed by atoms with van der Waals surface area (Å²) in [6.07, 6.45) is 7.41. The van der Waals surface area contributed by atoms with Crippen LogP contribution >= 0.6 is 0 Å². The molecule has 1 aromatic carbocycles. The molecule has 0 saturated carbocycles. The van der Waals surface area contributed by atoms with E-state index >= 15 is 0 Å². The highest BCUT2D eigenvalue weighted by Crippen LogP contribution is 2.40. The first-order valence-electron chi connectivity index (χ1n) is 15.3. The van der Waals surface area contributed by atoms with Crippen LogP contribution < -0.4 is 4.72 Å². The third-order valence-electron chi connectivity index (χ3n) is 7.87. The molecule has 3 aliphatic rings. The molecule has 5 atom stereocenters. The van der Waals surface area contributed by atoms with Crippen molar-refractivity contribution < 1.29 is 36.9 Å². The summed E-state index contributed by atoms with van der Waals surface area (Å²) in [6.45, 7) is 8.54. The number of hydrogen-bond acceptors (Lipinski definition) is 9. The van der Waals surface area contributed by atoms with Crippen molar-refractivity contribution >= 4 is 16.1 Å². The quantitative estimate of drug-likeness (QED) is 0.264. The van der Waals surface area contributed by atoms with Crippen molar-refractivity contribution in [2.45, 2.75) is 126 Å². The van der Waals surface area contributed by atoms with Crippen LogP contribution in [0.15, 0.2) is 35.2 Å². The van der Waals surface area contributed by atoms with Gasteiger partial charge in [-0.05, 0) is 58.3 Å². The summed E-state index contributed by atoms with van der Waals surface area (Å²) >= 11 is 0. The Morgan fingerprint density at radius 3 is 2.37 bits per heavy atom. The summed E-state index contributed by atoms with van der Waals surface area (Å²) in [5.41, 5.74) is 0. The van der Waals surface area contributed by atoms with Gasteiger partial charge in [0.1, 0.15) is 24.4 Å². The van der Waals surface area contributed by atoms with E-state index in [1.165, 1.54) is 50.7 Å². The van der Waals surface area contributed by atoms with Crippen LogP contribution in [0, 0.1) is 0 Å². The van der Waals surface area contributed by atoms with Crippen molar-refractivity contribution in [3.8, 4) is 0 Å². The van der Waals surface area contributed by atoms with E-state index in [0.717, 1.165) is 38.8 Å². The molecule has 1 amide bonds. The predicted molar refractivity (Wildman–Crippen MR) is 154 cm³/mol. The number of carbonyl (C=O) groups excluding carboxylic acids is 1. The van der Waals surface area contributed by atoms with Crippen LogP contribution in [0.3, 0.4) is 0 Å². The highest BCUT2D eigenvalue weighted by molar-refractivity contribution is 7.90. The number of nitrogens with one attached hydrogen (secondary N) is 1. The molecule has 0 radical (unpaired) electrons. The van der Waals surface area contributed by atoms with Gasteiger partial charge in [-0.15, -0.1) is 0 Å². The molecule has 0 unspecified atom stereocenters. The van der Waals surface area contributed by atoms with Gasteiger partial charge in [0.2, 0.25) is 0 Å². The Kier molecular flexibility index (Phi) is 11.9. The Bertz CT molecular complexity index is 1050. The van der Waals surface area contributed by atoms with Gasteiger partial charge in [0, 0.05) is 13.2 Å². The Hall–Kier alpha value is -1.76. The van der Waals surface area contributed by atoms with Crippen molar-refractivity contribution in [1.29, 1.82) is 0 Å². The number of benzene rings is 1. The van der Waals surface area contributed by atoms with E-state index in [1.807, 2.05) is 18.6 Å². The van der Waals surface area contributed by atoms with Gasteiger partial charge in [0.15, 0.2) is 12.1 Å². The number of sulfonamides is 1. The summed E-state index contributed by atoms with van der Waals surface area (Å²) in [7, 11) is -4.09. The standard InChI is InChI=1S/C30H48N2O8S/c1-4-5-6-7-8-9-10-16-21-36-26-25(38-28-27(26)39-30(2,3)40-28)24(22-32-19-14-15-20-32)37-29(33)31-41(34,35)23-17-12-11-13-18-23/h11-13,17-18,24-28H,4-10,14-16,19-22H2,1-3H3,(H,31,33)/t24-,25-,26+,27-,28-/m1/s1. The van der Waals surface area contributed by atoms with Crippen LogP contribution in [0.1, 0.15) is 85.0 Å². The lowest BCUT2D eigenvalue weighted by atomic mass is 10.0. The molecular weight excluding hydrogens is 548 g/mol. The lowest BCUT2D eigenvalue weighted by Crippen LogP contribution is -2.50. The third kappa shape index (κ3) is 9.36. The molecule has 0 aliphatic carbocycles. The van der Waals surface area contributed by atoms with Gasteiger partial charge < -0.3 is 23.7 Å². The first-order chi connectivity index (χ1) is 19.7. The Morgan fingerprint density at radius 2 is 1.68 bits per heavy atom. The molecule has 3 heterocycles. The molecule has 232 valence electrons. The fourth-order valence-corrected chi connectivity index (χ4v) is 6.71. The number of rotatable bonds is 16. The van der Waals surface area contributed by atoms with Crippen LogP contribution in [-0.4, -0.2) is 82.1 Å². The van der Waals surface area contributed by atoms with Crippen LogP contribution in [-0.2, 0) is 33.7 Å². The summed E-state index contributed by atoms with van der Waals surface area (Å²) in [5.74, 6) is -0.827. The fourth-order valence-electron chi connectivity index (χ4n) is 5.81. The van der Waals surface area contributed by atoms with E-state index in [2.05, 4.69) is 11.8 Å². The van der Waals surface area contributed by atoms with E-state index in [9.17, 15) is 13.2 Å². The number of hydrogen-bond donors (Lipinski definition) is 1. The Labute approximate surface area is 245 Å². The number of nitrogens with zero attached hydrogens (tertiary/aromatic N) is 1. The van der Waals surface area contributed by atoms with E-state index in [0.29, 0.717) is 13.2 Å². The van der Waals surface area contributed by atoms with Gasteiger partial charge >= 0.3 is 6.09 Å². The first kappa shape index (κ1) is 32.2. The molecule has 4 rings (SSSR count). The zero-order chi connectivity index (χ0) is 29.3. The number of ether oxygens (including phenoxy) is 5. The topological polar surface area (TPSA) is 113 Å². The maximum Gasteiger partial charge on any atom is 0.421 e. The maximum absolute atomic E-state index is 13.0. The Balaban J connectivity index is 1.41. The first-order valence-corrected chi connectivity index (χ1v) is 16.8. The number of fused-ring (bicyclic) bond motifs is 1. The van der Waals surface area contributed by atoms with Crippen molar-refractivity contribution in [3.63, 3.8) is 0 Å². The van der Waals surface area contributed by atoms with Gasteiger partial charge in [-0.3, -0.25) is 4.90 Å². The van der Waals surface area contributed by atoms with Crippen LogP contribution in [0.2, 0.25) is 0 Å².